The minimum Gasteiger partial charge on any atom is -0.415 e. The van der Waals surface area contributed by atoms with Gasteiger partial charge in [-0.1, -0.05) is 123 Å². The Bertz CT molecular complexity index is 1980. The summed E-state index contributed by atoms with van der Waals surface area (Å²) < 4.78 is 43.0. The van der Waals surface area contributed by atoms with Crippen LogP contribution in [0, 0.1) is 21.7 Å². The van der Waals surface area contributed by atoms with Crippen LogP contribution in [0.2, 0.25) is 46.3 Å². The van der Waals surface area contributed by atoms with Crippen LogP contribution in [0.1, 0.15) is 87.8 Å². The fourth-order valence-corrected chi connectivity index (χ4v) is 7.21. The van der Waals surface area contributed by atoms with Crippen LogP contribution in [0.5, 0.6) is 5.75 Å². The molecule has 12 nitrogen and oxygen atoms in total. The van der Waals surface area contributed by atoms with E-state index in [-0.39, 0.29) is 101 Å². The van der Waals surface area contributed by atoms with Gasteiger partial charge in [-0.15, -0.1) is 13.2 Å². The van der Waals surface area contributed by atoms with E-state index in [0.717, 1.165) is 13.0 Å². The molecule has 2 atom stereocenters. The summed E-state index contributed by atoms with van der Waals surface area (Å²) >= 11 is 16.4. The van der Waals surface area contributed by atoms with Gasteiger partial charge >= 0.3 is 11.5 Å². The average molecular weight is 1120 g/mol. The molecule has 0 unspecified atom stereocenters. The number of benzene rings is 3. The molecular weight excluding hydrogens is 1040 g/mol. The maximum absolute atomic E-state index is 13.5. The summed E-state index contributed by atoms with van der Waals surface area (Å²) in [6.45, 7) is 31.5. The first-order chi connectivity index (χ1) is 30.0. The fraction of sp³-hybridized carbons (Fsp3) is 0.510. The quantitative estimate of drug-likeness (QED) is 0.0393. The smallest absolute Gasteiger partial charge is 0.409 e. The largest absolute Gasteiger partial charge is 0.415 e. The zero-order valence-corrected chi connectivity index (χ0v) is 47.2. The Kier molecular flexibility index (Phi) is 42.2. The van der Waals surface area contributed by atoms with Crippen molar-refractivity contribution in [1.82, 2.24) is 15.5 Å². The number of likely N-dealkylation sites (N-methyl/N-ethyl adjacent to an activating group) is 2. The van der Waals surface area contributed by atoms with Crippen molar-refractivity contribution in [3.05, 3.63) is 129 Å². The molecule has 0 aliphatic rings. The van der Waals surface area contributed by atoms with Gasteiger partial charge in [0.15, 0.2) is 16.6 Å². The molecule has 3 aromatic carbocycles. The molecule has 0 bridgehead atoms. The molecule has 0 radical (unpaired) electrons. The van der Waals surface area contributed by atoms with Crippen molar-refractivity contribution in [1.29, 1.82) is 0 Å². The highest BCUT2D eigenvalue weighted by molar-refractivity contribution is 7.59. The molecule has 0 aliphatic heterocycles. The summed E-state index contributed by atoms with van der Waals surface area (Å²) in [7, 11) is 0.202. The molecule has 3 aromatic rings. The Balaban J connectivity index is -0.000000204. The molecule has 2 amide bonds. The Hall–Kier alpha value is -3.02. The van der Waals surface area contributed by atoms with Crippen LogP contribution >= 0.6 is 61.8 Å². The lowest BCUT2D eigenvalue weighted by molar-refractivity contribution is -0.384. The summed E-state index contributed by atoms with van der Waals surface area (Å²) in [5.74, 6) is -0.737. The van der Waals surface area contributed by atoms with E-state index < -0.39 is 38.6 Å². The first-order valence-corrected chi connectivity index (χ1v) is 27.8. The van der Waals surface area contributed by atoms with Crippen molar-refractivity contribution in [2.45, 2.75) is 138 Å². The Labute approximate surface area is 451 Å². The molecule has 0 aromatic heterocycles. The number of carbonyl (C=O) groups is 2. The first-order valence-electron chi connectivity index (χ1n) is 20.8. The number of amides is 2. The number of nitrogens with two attached hydrogens (primary N) is 1. The fourth-order valence-electron chi connectivity index (χ4n) is 4.63. The second-order valence-electron chi connectivity index (χ2n) is 17.8. The molecular formula is C49H86Cl3F2N5O7S2Si2. The molecule has 0 saturated heterocycles. The number of nitro groups is 1. The van der Waals surface area contributed by atoms with E-state index in [9.17, 15) is 28.5 Å². The highest BCUT2D eigenvalue weighted by Crippen LogP contribution is 2.37. The number of nitrogens with one attached hydrogen (secondary N) is 2. The molecule has 0 fully saturated rings. The summed E-state index contributed by atoms with van der Waals surface area (Å²) in [5, 5.41) is 16.8. The van der Waals surface area contributed by atoms with E-state index in [2.05, 4.69) is 96.3 Å². The van der Waals surface area contributed by atoms with Gasteiger partial charge in [0.2, 0.25) is 0 Å². The number of halogens is 5. The van der Waals surface area contributed by atoms with E-state index in [1.165, 1.54) is 36.4 Å². The maximum atomic E-state index is 13.5. The number of ether oxygens (including phenoxy) is 1. The summed E-state index contributed by atoms with van der Waals surface area (Å²) in [4.78, 5) is 34.1. The van der Waals surface area contributed by atoms with Gasteiger partial charge < -0.3 is 34.9 Å². The SMILES string of the molecule is C.C.C.C=CC[C@@H](CO[Si](C)(C)C(C)(C)C)N(C)C(=O)NCc1cccc(F)c1Cl.C=CC[C@@H](CO[Si](C)(C)C(C)(C)C)NC.NCc1cccc(F)c1Cl.O=C(Cl)Oc1ccc([N+](=O)[O-])cc1.S.S. The number of nitrogens with zero attached hydrogens (tertiary/aromatic N) is 2. The van der Waals surface area contributed by atoms with Crippen LogP contribution in [0.25, 0.3) is 0 Å². The topological polar surface area (TPSA) is 158 Å². The standard InChI is InChI=1S/C20H32ClFN2O2Si.C12H27NOSi.C7H7ClFN.C7H4ClNO4.3CH4.2H2S/c1-8-10-16(14-26-27(6,7)20(2,3)4)24(5)19(25)23-13-15-11-9-12-17(22)18(15)21;1-8-9-11(13-5)10-14-15(6,7)12(2,3)4;8-7-5(4-10)2-1-3-6(7)9;8-7(10)13-6-3-1-5(2-4-6)9(11)12;;;;;/h8-9,11-12,16H,1,10,13-14H2,2-7H3,(H,23,25);8,11,13H,1,9-10H2,2-7H3;1-3H,4,10H2;1-4H;3*1H4;2*1H2/t16-;11-;;;;;;;/m00......./s1. The van der Waals surface area contributed by atoms with E-state index in [1.54, 1.807) is 42.3 Å². The molecule has 70 heavy (non-hydrogen) atoms. The van der Waals surface area contributed by atoms with Crippen LogP contribution < -0.4 is 21.1 Å². The minimum absolute atomic E-state index is 0. The van der Waals surface area contributed by atoms with Crippen molar-refractivity contribution in [2.75, 3.05) is 27.3 Å². The van der Waals surface area contributed by atoms with Crippen molar-refractivity contribution in [2.24, 2.45) is 5.73 Å². The van der Waals surface area contributed by atoms with Crippen LogP contribution in [0.15, 0.2) is 86.0 Å². The number of hydrogen-bond acceptors (Lipinski definition) is 9. The summed E-state index contributed by atoms with van der Waals surface area (Å²) in [5.41, 5.74) is 5.39. The second kappa shape index (κ2) is 37.7. The van der Waals surface area contributed by atoms with Crippen LogP contribution in [-0.2, 0) is 21.9 Å². The monoisotopic (exact) mass is 1120 g/mol. The van der Waals surface area contributed by atoms with Crippen LogP contribution in [0.4, 0.5) is 24.1 Å². The predicted molar refractivity (Wildman–Crippen MR) is 309 cm³/mol. The number of non-ortho nitro benzene ring substituents is 1. The van der Waals surface area contributed by atoms with E-state index in [4.69, 9.17) is 49.4 Å². The second-order valence-corrected chi connectivity index (χ2v) is 28.5. The molecule has 0 saturated carbocycles. The van der Waals surface area contributed by atoms with Crippen molar-refractivity contribution in [3.8, 4) is 5.75 Å². The van der Waals surface area contributed by atoms with Gasteiger partial charge in [-0.2, -0.15) is 27.0 Å². The maximum Gasteiger partial charge on any atom is 0.409 e. The van der Waals surface area contributed by atoms with Gasteiger partial charge in [0.1, 0.15) is 17.4 Å². The third-order valence-corrected chi connectivity index (χ3v) is 20.9. The lowest BCUT2D eigenvalue weighted by Crippen LogP contribution is -2.49. The molecule has 0 aliphatic carbocycles. The predicted octanol–water partition coefficient (Wildman–Crippen LogP) is 15.2. The molecule has 0 heterocycles. The van der Waals surface area contributed by atoms with Gasteiger partial charge in [0, 0.05) is 56.5 Å². The summed E-state index contributed by atoms with van der Waals surface area (Å²) in [6.07, 6.45) is 5.31. The third kappa shape index (κ3) is 28.9. The Morgan fingerprint density at radius 2 is 1.24 bits per heavy atom. The van der Waals surface area contributed by atoms with Crippen LogP contribution in [-0.4, -0.2) is 77.3 Å². The highest BCUT2D eigenvalue weighted by Gasteiger charge is 2.38. The molecule has 3 rings (SSSR count). The van der Waals surface area contributed by atoms with Crippen molar-refractivity contribution in [3.63, 3.8) is 0 Å². The summed E-state index contributed by atoms with van der Waals surface area (Å²) in [6, 6.07) is 14.2. The zero-order chi connectivity index (χ0) is 50.3. The third-order valence-electron chi connectivity index (χ3n) is 11.0. The number of carbonyl (C=O) groups excluding carboxylic acids is 2. The van der Waals surface area contributed by atoms with E-state index >= 15 is 0 Å². The minimum atomic E-state index is -1.91. The van der Waals surface area contributed by atoms with Gasteiger partial charge in [-0.3, -0.25) is 10.1 Å². The average Bonchev–Trinajstić information content (AvgIpc) is 3.22. The van der Waals surface area contributed by atoms with E-state index in [1.807, 2.05) is 13.1 Å². The molecule has 0 spiro atoms. The number of hydrogen-bond donors (Lipinski definition) is 3. The number of urea groups is 1. The van der Waals surface area contributed by atoms with Gasteiger partial charge in [0.25, 0.3) is 5.69 Å². The normalized spacial score (nSPS) is 11.5. The zero-order valence-electron chi connectivity index (χ0n) is 41.0. The van der Waals surface area contributed by atoms with Crippen LogP contribution in [0.3, 0.4) is 0 Å². The molecule has 21 heteroatoms. The van der Waals surface area contributed by atoms with Crippen molar-refractivity contribution >= 4 is 95.6 Å². The van der Waals surface area contributed by atoms with Crippen molar-refractivity contribution < 1.29 is 36.9 Å². The van der Waals surface area contributed by atoms with E-state index in [0.29, 0.717) is 35.2 Å². The van der Waals surface area contributed by atoms with Gasteiger partial charge in [0.05, 0.1) is 27.6 Å². The first kappa shape index (κ1) is 78.4. The molecule has 4 N–H and O–H groups in total. The van der Waals surface area contributed by atoms with Gasteiger partial charge in [-0.25, -0.2) is 18.4 Å². The Morgan fingerprint density at radius 3 is 1.61 bits per heavy atom. The van der Waals surface area contributed by atoms with Gasteiger partial charge in [-0.05, 0) is 91.5 Å². The lowest BCUT2D eigenvalue weighted by Gasteiger charge is -2.38. The Morgan fingerprint density at radius 1 is 0.814 bits per heavy atom. The lowest BCUT2D eigenvalue weighted by atomic mass is 10.2. The number of rotatable bonds is 17. The highest BCUT2D eigenvalue weighted by atomic mass is 35.5. The number of nitro benzene ring substituents is 1. The molecule has 404 valence electrons.